The van der Waals surface area contributed by atoms with Crippen LogP contribution in [0.2, 0.25) is 0 Å². The van der Waals surface area contributed by atoms with Crippen LogP contribution in [-0.2, 0) is 0 Å². The Morgan fingerprint density at radius 1 is 0.364 bits per heavy atom. The molecular weight excluding hydrogens is 540 g/mol. The third kappa shape index (κ3) is 3.92. The molecule has 0 aliphatic rings. The maximum atomic E-state index is 6.44. The Kier molecular flexibility index (Phi) is 5.47. The first kappa shape index (κ1) is 24.6. The van der Waals surface area contributed by atoms with Gasteiger partial charge in [-0.1, -0.05) is 103 Å². The van der Waals surface area contributed by atoms with Gasteiger partial charge in [-0.2, -0.15) is 0 Å². The Morgan fingerprint density at radius 2 is 0.955 bits per heavy atom. The fourth-order valence-electron chi connectivity index (χ4n) is 6.24. The van der Waals surface area contributed by atoms with E-state index in [0.717, 1.165) is 83.1 Å². The van der Waals surface area contributed by atoms with Crippen LogP contribution in [-0.4, -0.2) is 9.97 Å². The second-order valence-corrected chi connectivity index (χ2v) is 11.0. The van der Waals surface area contributed by atoms with E-state index in [4.69, 9.17) is 18.8 Å². The number of hydrogen-bond acceptors (Lipinski definition) is 4. The first-order valence-electron chi connectivity index (χ1n) is 14.7. The molecule has 0 aliphatic carbocycles. The molecule has 4 nitrogen and oxygen atoms in total. The Hall–Kier alpha value is -6.00. The zero-order chi connectivity index (χ0) is 29.0. The minimum Gasteiger partial charge on any atom is -0.456 e. The Balaban J connectivity index is 1.32. The van der Waals surface area contributed by atoms with Gasteiger partial charge in [-0.15, -0.1) is 0 Å². The van der Waals surface area contributed by atoms with E-state index in [1.165, 1.54) is 0 Å². The first-order chi connectivity index (χ1) is 21.8. The molecule has 44 heavy (non-hydrogen) atoms. The van der Waals surface area contributed by atoms with Crippen molar-refractivity contribution in [1.29, 1.82) is 0 Å². The van der Waals surface area contributed by atoms with Crippen LogP contribution >= 0.6 is 0 Å². The summed E-state index contributed by atoms with van der Waals surface area (Å²) in [6, 6.07) is 49.6. The monoisotopic (exact) mass is 564 g/mol. The second kappa shape index (κ2) is 9.79. The van der Waals surface area contributed by atoms with Gasteiger partial charge in [0.25, 0.3) is 0 Å². The number of rotatable bonds is 4. The third-order valence-corrected chi connectivity index (χ3v) is 8.33. The van der Waals surface area contributed by atoms with Crippen LogP contribution in [0, 0.1) is 0 Å². The van der Waals surface area contributed by atoms with E-state index in [0.29, 0.717) is 5.82 Å². The average molecular weight is 565 g/mol. The maximum absolute atomic E-state index is 6.44. The predicted molar refractivity (Wildman–Crippen MR) is 178 cm³/mol. The van der Waals surface area contributed by atoms with Gasteiger partial charge in [0.2, 0.25) is 0 Å². The lowest BCUT2D eigenvalue weighted by Crippen LogP contribution is -1.97. The first-order valence-corrected chi connectivity index (χ1v) is 14.7. The van der Waals surface area contributed by atoms with Crippen LogP contribution in [0.5, 0.6) is 0 Å². The molecule has 0 radical (unpaired) electrons. The van der Waals surface area contributed by atoms with Crippen LogP contribution in [0.1, 0.15) is 0 Å². The SMILES string of the molecule is c1ccc(-c2ccccc2-c2cc(-c3cccc4c3oc3ccccc34)nc(-c3ccc4oc5ccccc5c4c3)n2)cc1. The van der Waals surface area contributed by atoms with E-state index in [9.17, 15) is 0 Å². The van der Waals surface area contributed by atoms with Crippen LogP contribution in [0.15, 0.2) is 154 Å². The lowest BCUT2D eigenvalue weighted by Gasteiger charge is -2.13. The molecule has 206 valence electrons. The highest BCUT2D eigenvalue weighted by atomic mass is 16.3. The highest BCUT2D eigenvalue weighted by molar-refractivity contribution is 6.09. The van der Waals surface area contributed by atoms with E-state index in [1.807, 2.05) is 54.6 Å². The standard InChI is InChI=1S/C40H24N2O2/c1-2-11-25(12-3-1)27-13-4-5-14-28(27)34-24-35(32-18-10-17-31-29-15-6-9-20-37(29)44-39(31)32)42-40(41-34)26-21-22-38-33(23-26)30-16-7-8-19-36(30)43-38/h1-24H. The van der Waals surface area contributed by atoms with Crippen molar-refractivity contribution in [2.24, 2.45) is 0 Å². The number of furan rings is 2. The van der Waals surface area contributed by atoms with Crippen molar-refractivity contribution in [1.82, 2.24) is 9.97 Å². The van der Waals surface area contributed by atoms with Crippen LogP contribution < -0.4 is 0 Å². The topological polar surface area (TPSA) is 52.1 Å². The molecule has 0 saturated heterocycles. The van der Waals surface area contributed by atoms with E-state index >= 15 is 0 Å². The van der Waals surface area contributed by atoms with Crippen molar-refractivity contribution in [3.05, 3.63) is 146 Å². The fourth-order valence-corrected chi connectivity index (χ4v) is 6.24. The van der Waals surface area contributed by atoms with E-state index in [-0.39, 0.29) is 0 Å². The average Bonchev–Trinajstić information content (AvgIpc) is 3.66. The number of nitrogens with zero attached hydrogens (tertiary/aromatic N) is 2. The number of hydrogen-bond donors (Lipinski definition) is 0. The van der Waals surface area contributed by atoms with E-state index in [1.54, 1.807) is 0 Å². The number of para-hydroxylation sites is 3. The summed E-state index contributed by atoms with van der Waals surface area (Å²) in [6.45, 7) is 0. The molecule has 0 spiro atoms. The van der Waals surface area contributed by atoms with E-state index in [2.05, 4.69) is 91.0 Å². The van der Waals surface area contributed by atoms with Gasteiger partial charge in [0.15, 0.2) is 5.82 Å². The summed E-state index contributed by atoms with van der Waals surface area (Å²) >= 11 is 0. The number of fused-ring (bicyclic) bond motifs is 6. The lowest BCUT2D eigenvalue weighted by atomic mass is 9.96. The largest absolute Gasteiger partial charge is 0.456 e. The van der Waals surface area contributed by atoms with Gasteiger partial charge in [0.05, 0.1) is 11.4 Å². The summed E-state index contributed by atoms with van der Waals surface area (Å²) in [4.78, 5) is 10.4. The highest BCUT2D eigenvalue weighted by Gasteiger charge is 2.18. The van der Waals surface area contributed by atoms with Gasteiger partial charge in [-0.05, 0) is 53.6 Å². The van der Waals surface area contributed by atoms with Crippen LogP contribution in [0.3, 0.4) is 0 Å². The van der Waals surface area contributed by atoms with Gasteiger partial charge in [-0.3, -0.25) is 0 Å². The number of benzene rings is 6. The molecular formula is C40H24N2O2. The summed E-state index contributed by atoms with van der Waals surface area (Å²) in [7, 11) is 0. The molecule has 3 heterocycles. The summed E-state index contributed by atoms with van der Waals surface area (Å²) < 4.78 is 12.6. The smallest absolute Gasteiger partial charge is 0.160 e. The quantitative estimate of drug-likeness (QED) is 0.213. The molecule has 0 unspecified atom stereocenters. The molecule has 6 aromatic carbocycles. The molecule has 0 fully saturated rings. The van der Waals surface area contributed by atoms with Gasteiger partial charge >= 0.3 is 0 Å². The van der Waals surface area contributed by atoms with Crippen molar-refractivity contribution >= 4 is 43.9 Å². The summed E-state index contributed by atoms with van der Waals surface area (Å²) in [5.74, 6) is 0.640. The van der Waals surface area contributed by atoms with Crippen molar-refractivity contribution in [3.8, 4) is 45.0 Å². The molecule has 0 N–H and O–H groups in total. The molecule has 9 aromatic rings. The maximum Gasteiger partial charge on any atom is 0.160 e. The predicted octanol–water partition coefficient (Wildman–Crippen LogP) is 10.9. The summed E-state index contributed by atoms with van der Waals surface area (Å²) in [5.41, 5.74) is 10.2. The summed E-state index contributed by atoms with van der Waals surface area (Å²) in [5, 5.41) is 4.27. The Labute approximate surface area is 252 Å². The minimum atomic E-state index is 0.640. The summed E-state index contributed by atoms with van der Waals surface area (Å²) in [6.07, 6.45) is 0. The van der Waals surface area contributed by atoms with Crippen molar-refractivity contribution in [3.63, 3.8) is 0 Å². The zero-order valence-electron chi connectivity index (χ0n) is 23.6. The Bertz CT molecular complexity index is 2510. The molecule has 0 saturated carbocycles. The molecule has 0 aliphatic heterocycles. The van der Waals surface area contributed by atoms with Crippen molar-refractivity contribution < 1.29 is 8.83 Å². The van der Waals surface area contributed by atoms with Crippen molar-refractivity contribution in [2.45, 2.75) is 0 Å². The lowest BCUT2D eigenvalue weighted by molar-refractivity contribution is 0.669. The third-order valence-electron chi connectivity index (χ3n) is 8.33. The molecule has 9 rings (SSSR count). The van der Waals surface area contributed by atoms with Crippen molar-refractivity contribution in [2.75, 3.05) is 0 Å². The molecule has 0 amide bonds. The number of aromatic nitrogens is 2. The van der Waals surface area contributed by atoms with Gasteiger partial charge in [0, 0.05) is 38.2 Å². The normalized spacial score (nSPS) is 11.6. The van der Waals surface area contributed by atoms with Gasteiger partial charge in [-0.25, -0.2) is 9.97 Å². The van der Waals surface area contributed by atoms with Crippen LogP contribution in [0.25, 0.3) is 88.9 Å². The highest BCUT2D eigenvalue weighted by Crippen LogP contribution is 2.39. The molecule has 0 atom stereocenters. The second-order valence-electron chi connectivity index (χ2n) is 11.0. The fraction of sp³-hybridized carbons (Fsp3) is 0. The van der Waals surface area contributed by atoms with Gasteiger partial charge in [0.1, 0.15) is 22.3 Å². The zero-order valence-corrected chi connectivity index (χ0v) is 23.6. The molecule has 4 heteroatoms. The Morgan fingerprint density at radius 3 is 1.77 bits per heavy atom. The van der Waals surface area contributed by atoms with Crippen LogP contribution in [0.4, 0.5) is 0 Å². The molecule has 3 aromatic heterocycles. The molecule has 0 bridgehead atoms. The minimum absolute atomic E-state index is 0.640. The van der Waals surface area contributed by atoms with E-state index < -0.39 is 0 Å². The van der Waals surface area contributed by atoms with Gasteiger partial charge < -0.3 is 8.83 Å².